The van der Waals surface area contributed by atoms with Crippen LogP contribution in [-0.4, -0.2) is 36.5 Å². The second-order valence-corrected chi connectivity index (χ2v) is 7.42. The molecule has 0 bridgehead atoms. The Morgan fingerprint density at radius 2 is 1.88 bits per heavy atom. The first-order valence-corrected chi connectivity index (χ1v) is 8.92. The number of hydrogen-bond acceptors (Lipinski definition) is 2. The number of rotatable bonds is 7. The van der Waals surface area contributed by atoms with Crippen LogP contribution in [0.4, 0.5) is 0 Å². The molecule has 25 heavy (non-hydrogen) atoms. The van der Waals surface area contributed by atoms with Crippen molar-refractivity contribution in [2.24, 2.45) is 0 Å². The molecular formula is C22H30N2O. The molecule has 1 amide bonds. The number of amides is 1. The lowest BCUT2D eigenvalue weighted by Gasteiger charge is -2.25. The van der Waals surface area contributed by atoms with Crippen LogP contribution >= 0.6 is 0 Å². The van der Waals surface area contributed by atoms with Gasteiger partial charge in [-0.2, -0.15) is 0 Å². The molecule has 0 radical (unpaired) electrons. The molecular weight excluding hydrogens is 308 g/mol. The minimum Gasteiger partial charge on any atom is -0.339 e. The van der Waals surface area contributed by atoms with Crippen molar-refractivity contribution < 1.29 is 4.79 Å². The van der Waals surface area contributed by atoms with Crippen LogP contribution in [0.5, 0.6) is 0 Å². The molecule has 1 atom stereocenters. The van der Waals surface area contributed by atoms with Gasteiger partial charge in [-0.15, -0.1) is 0 Å². The Balaban J connectivity index is 1.97. The van der Waals surface area contributed by atoms with E-state index in [9.17, 15) is 4.79 Å². The van der Waals surface area contributed by atoms with E-state index >= 15 is 0 Å². The fourth-order valence-electron chi connectivity index (χ4n) is 2.74. The normalized spacial score (nSPS) is 13.3. The fraction of sp³-hybridized carbons (Fsp3) is 0.409. The molecule has 2 rings (SSSR count). The maximum Gasteiger partial charge on any atom is 0.246 e. The lowest BCUT2D eigenvalue weighted by atomic mass is 10.0. The maximum absolute atomic E-state index is 12.4. The molecule has 3 heteroatoms. The van der Waals surface area contributed by atoms with Crippen LogP contribution in [0.15, 0.2) is 54.6 Å². The second kappa shape index (κ2) is 8.30. The monoisotopic (exact) mass is 338 g/mol. The zero-order valence-corrected chi connectivity index (χ0v) is 16.0. The molecule has 134 valence electrons. The number of nitrogens with one attached hydrogen (secondary N) is 1. The van der Waals surface area contributed by atoms with E-state index in [4.69, 9.17) is 0 Å². The summed E-state index contributed by atoms with van der Waals surface area (Å²) in [6.45, 7) is 6.33. The van der Waals surface area contributed by atoms with Crippen LogP contribution in [0.1, 0.15) is 32.8 Å². The van der Waals surface area contributed by atoms with Crippen LogP contribution < -0.4 is 5.32 Å². The molecule has 0 aliphatic rings. The smallest absolute Gasteiger partial charge is 0.246 e. The Labute approximate surface area is 151 Å². The van der Waals surface area contributed by atoms with E-state index in [1.165, 1.54) is 16.3 Å². The van der Waals surface area contributed by atoms with Crippen molar-refractivity contribution in [3.8, 4) is 0 Å². The summed E-state index contributed by atoms with van der Waals surface area (Å²) in [5.41, 5.74) is 1.26. The van der Waals surface area contributed by atoms with E-state index in [-0.39, 0.29) is 17.5 Å². The van der Waals surface area contributed by atoms with Gasteiger partial charge < -0.3 is 10.2 Å². The zero-order chi connectivity index (χ0) is 18.4. The summed E-state index contributed by atoms with van der Waals surface area (Å²) in [5, 5.41) is 5.73. The van der Waals surface area contributed by atoms with E-state index in [1.54, 1.807) is 6.08 Å². The zero-order valence-electron chi connectivity index (χ0n) is 16.0. The highest BCUT2D eigenvalue weighted by atomic mass is 16.2. The minimum atomic E-state index is 0.00601. The molecule has 1 N–H and O–H groups in total. The van der Waals surface area contributed by atoms with E-state index in [0.717, 1.165) is 12.8 Å². The third-order valence-electron chi connectivity index (χ3n) is 4.92. The Morgan fingerprint density at radius 1 is 1.20 bits per heavy atom. The lowest BCUT2D eigenvalue weighted by molar-refractivity contribution is -0.126. The Bertz CT molecular complexity index is 749. The van der Waals surface area contributed by atoms with E-state index in [2.05, 4.69) is 68.6 Å². The minimum absolute atomic E-state index is 0.00601. The van der Waals surface area contributed by atoms with Gasteiger partial charge in [-0.3, -0.25) is 4.79 Å². The van der Waals surface area contributed by atoms with Crippen molar-refractivity contribution in [3.63, 3.8) is 0 Å². The number of carbonyl (C=O) groups excluding carboxylic acids is 1. The summed E-state index contributed by atoms with van der Waals surface area (Å²) in [4.78, 5) is 14.2. The molecule has 0 spiro atoms. The average molecular weight is 338 g/mol. The number of fused-ring (bicyclic) bond motifs is 1. The van der Waals surface area contributed by atoms with Crippen molar-refractivity contribution in [3.05, 3.63) is 60.2 Å². The predicted molar refractivity (Wildman–Crippen MR) is 107 cm³/mol. The molecule has 2 aromatic carbocycles. The quantitative estimate of drug-likeness (QED) is 0.768. The van der Waals surface area contributed by atoms with Crippen molar-refractivity contribution in [2.45, 2.75) is 45.2 Å². The number of hydrogen-bond donors (Lipinski definition) is 1. The molecule has 0 unspecified atom stereocenters. The van der Waals surface area contributed by atoms with Gasteiger partial charge in [0, 0.05) is 18.6 Å². The summed E-state index contributed by atoms with van der Waals surface area (Å²) in [6.07, 6.45) is 5.32. The highest BCUT2D eigenvalue weighted by Gasteiger charge is 2.15. The molecule has 0 aliphatic carbocycles. The summed E-state index contributed by atoms with van der Waals surface area (Å²) in [7, 11) is 3.81. The number of likely N-dealkylation sites (N-methyl/N-ethyl adjacent to an activating group) is 1. The predicted octanol–water partition coefficient (Wildman–Crippen LogP) is 4.17. The van der Waals surface area contributed by atoms with Crippen LogP contribution in [0.3, 0.4) is 0 Å². The van der Waals surface area contributed by atoms with Gasteiger partial charge in [-0.05, 0) is 63.1 Å². The van der Waals surface area contributed by atoms with Gasteiger partial charge in [-0.1, -0.05) is 48.5 Å². The first-order valence-electron chi connectivity index (χ1n) is 8.92. The topological polar surface area (TPSA) is 32.3 Å². The molecule has 2 aromatic rings. The van der Waals surface area contributed by atoms with E-state index in [1.807, 2.05) is 25.1 Å². The fourth-order valence-corrected chi connectivity index (χ4v) is 2.74. The largest absolute Gasteiger partial charge is 0.339 e. The first-order chi connectivity index (χ1) is 11.8. The molecule has 0 heterocycles. The molecule has 0 aliphatic heterocycles. The van der Waals surface area contributed by atoms with E-state index in [0.29, 0.717) is 0 Å². The Hall–Kier alpha value is -2.13. The van der Waals surface area contributed by atoms with E-state index < -0.39 is 0 Å². The summed E-state index contributed by atoms with van der Waals surface area (Å²) < 4.78 is 0. The SMILES string of the molecule is CNC(C)(C)C/C=C/C(=O)N(C)[C@@H](C)Cc1ccc2ccccc2c1. The Kier molecular flexibility index (Phi) is 6.38. The number of nitrogens with zero attached hydrogens (tertiary/aromatic N) is 1. The third kappa shape index (κ3) is 5.43. The van der Waals surface area contributed by atoms with Crippen molar-refractivity contribution in [1.29, 1.82) is 0 Å². The molecule has 0 saturated carbocycles. The van der Waals surface area contributed by atoms with Crippen molar-refractivity contribution in [1.82, 2.24) is 10.2 Å². The van der Waals surface area contributed by atoms with Gasteiger partial charge >= 0.3 is 0 Å². The molecule has 0 aromatic heterocycles. The van der Waals surface area contributed by atoms with Gasteiger partial charge in [0.1, 0.15) is 0 Å². The van der Waals surface area contributed by atoms with Gasteiger partial charge in [0.15, 0.2) is 0 Å². The van der Waals surface area contributed by atoms with Gasteiger partial charge in [0.25, 0.3) is 0 Å². The van der Waals surface area contributed by atoms with Crippen LogP contribution in [-0.2, 0) is 11.2 Å². The standard InChI is InChI=1S/C22H30N2O/c1-17(24(5)21(25)11-8-14-22(2,3)23-4)15-18-12-13-19-9-6-7-10-20(19)16-18/h6-13,16-17,23H,14-15H2,1-5H3/b11-8+/t17-/m0/s1. The number of benzene rings is 2. The molecule has 3 nitrogen and oxygen atoms in total. The second-order valence-electron chi connectivity index (χ2n) is 7.42. The number of carbonyl (C=O) groups is 1. The maximum atomic E-state index is 12.4. The van der Waals surface area contributed by atoms with Gasteiger partial charge in [-0.25, -0.2) is 0 Å². The lowest BCUT2D eigenvalue weighted by Crippen LogP contribution is -2.36. The van der Waals surface area contributed by atoms with Crippen molar-refractivity contribution in [2.75, 3.05) is 14.1 Å². The third-order valence-corrected chi connectivity index (χ3v) is 4.92. The van der Waals surface area contributed by atoms with Gasteiger partial charge in [0.05, 0.1) is 0 Å². The van der Waals surface area contributed by atoms with Crippen LogP contribution in [0.2, 0.25) is 0 Å². The summed E-state index contributed by atoms with van der Waals surface area (Å²) in [6, 6.07) is 15.0. The summed E-state index contributed by atoms with van der Waals surface area (Å²) >= 11 is 0. The van der Waals surface area contributed by atoms with Crippen molar-refractivity contribution >= 4 is 16.7 Å². The summed E-state index contributed by atoms with van der Waals surface area (Å²) in [5.74, 6) is 0.0557. The molecule has 0 saturated heterocycles. The highest BCUT2D eigenvalue weighted by molar-refractivity contribution is 5.87. The van der Waals surface area contributed by atoms with Crippen LogP contribution in [0, 0.1) is 0 Å². The Morgan fingerprint density at radius 3 is 2.56 bits per heavy atom. The van der Waals surface area contributed by atoms with Crippen LogP contribution in [0.25, 0.3) is 10.8 Å². The molecule has 0 fully saturated rings. The first kappa shape index (κ1) is 19.2. The highest BCUT2D eigenvalue weighted by Crippen LogP contribution is 2.18. The van der Waals surface area contributed by atoms with Gasteiger partial charge in [0.2, 0.25) is 5.91 Å². The average Bonchev–Trinajstić information content (AvgIpc) is 2.60.